The molecule has 2 aliphatic rings. The Morgan fingerprint density at radius 3 is 2.92 bits per heavy atom. The van der Waals surface area contributed by atoms with Crippen LogP contribution in [-0.2, 0) is 0 Å². The van der Waals surface area contributed by atoms with Crippen molar-refractivity contribution < 1.29 is 0 Å². The maximum absolute atomic E-state index is 2.48. The lowest BCUT2D eigenvalue weighted by atomic mass is 9.76. The van der Waals surface area contributed by atoms with Crippen molar-refractivity contribution >= 4 is 0 Å². The minimum Gasteiger partial charge on any atom is -0.0805 e. The van der Waals surface area contributed by atoms with Gasteiger partial charge in [0.25, 0.3) is 0 Å². The predicted octanol–water partition coefficient (Wildman–Crippen LogP) is 3.84. The highest BCUT2D eigenvalue weighted by Crippen LogP contribution is 2.39. The van der Waals surface area contributed by atoms with Crippen LogP contribution >= 0.6 is 0 Å². The van der Waals surface area contributed by atoms with Crippen LogP contribution in [0.4, 0.5) is 0 Å². The van der Waals surface area contributed by atoms with Crippen molar-refractivity contribution in [3.05, 3.63) is 22.8 Å². The van der Waals surface area contributed by atoms with Crippen LogP contribution < -0.4 is 0 Å². The van der Waals surface area contributed by atoms with Crippen LogP contribution in [0.5, 0.6) is 0 Å². The summed E-state index contributed by atoms with van der Waals surface area (Å²) in [4.78, 5) is 0. The molecule has 0 spiro atoms. The first-order chi connectivity index (χ1) is 5.79. The molecule has 1 saturated carbocycles. The highest BCUT2D eigenvalue weighted by atomic mass is 14.3. The zero-order valence-corrected chi connectivity index (χ0v) is 8.19. The summed E-state index contributed by atoms with van der Waals surface area (Å²) in [5.41, 5.74) is 5.06. The van der Waals surface area contributed by atoms with E-state index >= 15 is 0 Å². The number of hydrogen-bond acceptors (Lipinski definition) is 0. The maximum atomic E-state index is 2.48. The molecule has 0 aromatic rings. The topological polar surface area (TPSA) is 0 Å². The van der Waals surface area contributed by atoms with E-state index in [2.05, 4.69) is 19.9 Å². The van der Waals surface area contributed by atoms with Gasteiger partial charge < -0.3 is 0 Å². The largest absolute Gasteiger partial charge is 0.0805 e. The van der Waals surface area contributed by atoms with Gasteiger partial charge in [-0.25, -0.2) is 0 Å². The number of allylic oxidation sites excluding steroid dienone is 4. The van der Waals surface area contributed by atoms with Crippen molar-refractivity contribution in [3.8, 4) is 0 Å². The molecule has 0 radical (unpaired) electrons. The SMILES string of the molecule is CC1=C2CCCC(C)C2=CCC1. The fourth-order valence-corrected chi connectivity index (χ4v) is 2.56. The lowest BCUT2D eigenvalue weighted by Gasteiger charge is -2.29. The van der Waals surface area contributed by atoms with E-state index in [1.54, 1.807) is 16.7 Å². The molecular formula is C12H18. The van der Waals surface area contributed by atoms with Gasteiger partial charge in [-0.2, -0.15) is 0 Å². The summed E-state index contributed by atoms with van der Waals surface area (Å²) in [6, 6.07) is 0. The van der Waals surface area contributed by atoms with Crippen LogP contribution in [0, 0.1) is 5.92 Å². The molecule has 0 heteroatoms. The second kappa shape index (κ2) is 3.08. The Bertz CT molecular complexity index is 243. The summed E-state index contributed by atoms with van der Waals surface area (Å²) >= 11 is 0. The average molecular weight is 162 g/mol. The second-order valence-corrected chi connectivity index (χ2v) is 4.25. The minimum absolute atomic E-state index is 0.837. The Morgan fingerprint density at radius 1 is 1.33 bits per heavy atom. The van der Waals surface area contributed by atoms with Gasteiger partial charge in [0.1, 0.15) is 0 Å². The highest BCUT2D eigenvalue weighted by Gasteiger charge is 2.22. The zero-order chi connectivity index (χ0) is 8.55. The van der Waals surface area contributed by atoms with Crippen molar-refractivity contribution in [2.24, 2.45) is 5.92 Å². The van der Waals surface area contributed by atoms with E-state index < -0.39 is 0 Å². The fourth-order valence-electron chi connectivity index (χ4n) is 2.56. The van der Waals surface area contributed by atoms with Crippen molar-refractivity contribution in [1.29, 1.82) is 0 Å². The van der Waals surface area contributed by atoms with Gasteiger partial charge in [0, 0.05) is 0 Å². The van der Waals surface area contributed by atoms with Gasteiger partial charge in [0.2, 0.25) is 0 Å². The lowest BCUT2D eigenvalue weighted by molar-refractivity contribution is 0.527. The molecule has 2 aliphatic carbocycles. The molecule has 2 rings (SSSR count). The molecule has 1 atom stereocenters. The summed E-state index contributed by atoms with van der Waals surface area (Å²) in [5, 5.41) is 0. The van der Waals surface area contributed by atoms with Gasteiger partial charge in [-0.1, -0.05) is 18.6 Å². The summed E-state index contributed by atoms with van der Waals surface area (Å²) in [5.74, 6) is 0.837. The molecule has 0 heterocycles. The highest BCUT2D eigenvalue weighted by molar-refractivity contribution is 5.40. The first-order valence-corrected chi connectivity index (χ1v) is 5.18. The van der Waals surface area contributed by atoms with Crippen LogP contribution in [0.25, 0.3) is 0 Å². The van der Waals surface area contributed by atoms with Crippen LogP contribution in [0.2, 0.25) is 0 Å². The second-order valence-electron chi connectivity index (χ2n) is 4.25. The summed E-state index contributed by atoms with van der Waals surface area (Å²) < 4.78 is 0. The van der Waals surface area contributed by atoms with E-state index in [0.29, 0.717) is 0 Å². The fraction of sp³-hybridized carbons (Fsp3) is 0.667. The third-order valence-electron chi connectivity index (χ3n) is 3.34. The van der Waals surface area contributed by atoms with Crippen molar-refractivity contribution in [2.45, 2.75) is 46.0 Å². The monoisotopic (exact) mass is 162 g/mol. The smallest absolute Gasteiger partial charge is 0.0191 e. The Labute approximate surface area is 75.4 Å². The van der Waals surface area contributed by atoms with Gasteiger partial charge in [0.15, 0.2) is 0 Å². The molecule has 12 heavy (non-hydrogen) atoms. The third kappa shape index (κ3) is 1.24. The van der Waals surface area contributed by atoms with Gasteiger partial charge in [0.05, 0.1) is 0 Å². The normalized spacial score (nSPS) is 29.8. The molecule has 0 aromatic heterocycles. The van der Waals surface area contributed by atoms with Gasteiger partial charge in [-0.05, 0) is 56.1 Å². The standard InChI is InChI=1S/C12H18/c1-9-5-3-8-12-10(2)6-4-7-11(9)12/h7,9H,3-6,8H2,1-2H3. The van der Waals surface area contributed by atoms with Gasteiger partial charge in [-0.3, -0.25) is 0 Å². The summed E-state index contributed by atoms with van der Waals surface area (Å²) in [6.07, 6.45) is 9.24. The molecule has 0 amide bonds. The molecule has 1 unspecified atom stereocenters. The molecule has 1 fully saturated rings. The van der Waals surface area contributed by atoms with E-state index in [-0.39, 0.29) is 0 Å². The first-order valence-electron chi connectivity index (χ1n) is 5.18. The lowest BCUT2D eigenvalue weighted by Crippen LogP contribution is -2.13. The van der Waals surface area contributed by atoms with Crippen molar-refractivity contribution in [3.63, 3.8) is 0 Å². The van der Waals surface area contributed by atoms with Gasteiger partial charge >= 0.3 is 0 Å². The summed E-state index contributed by atoms with van der Waals surface area (Å²) in [7, 11) is 0. The molecule has 0 nitrogen and oxygen atoms in total. The van der Waals surface area contributed by atoms with Crippen molar-refractivity contribution in [1.82, 2.24) is 0 Å². The zero-order valence-electron chi connectivity index (χ0n) is 8.19. The van der Waals surface area contributed by atoms with E-state index in [1.165, 1.54) is 32.1 Å². The molecule has 0 aliphatic heterocycles. The molecule has 0 bridgehead atoms. The van der Waals surface area contributed by atoms with Crippen molar-refractivity contribution in [2.75, 3.05) is 0 Å². The van der Waals surface area contributed by atoms with Crippen LogP contribution in [-0.4, -0.2) is 0 Å². The maximum Gasteiger partial charge on any atom is -0.0191 e. The van der Waals surface area contributed by atoms with E-state index in [9.17, 15) is 0 Å². The summed E-state index contributed by atoms with van der Waals surface area (Å²) in [6.45, 7) is 4.70. The van der Waals surface area contributed by atoms with Crippen LogP contribution in [0.1, 0.15) is 46.0 Å². The number of hydrogen-bond donors (Lipinski definition) is 0. The molecule has 0 aromatic carbocycles. The predicted molar refractivity (Wildman–Crippen MR) is 53.0 cm³/mol. The number of fused-ring (bicyclic) bond motifs is 1. The Balaban J connectivity index is 2.33. The molecule has 66 valence electrons. The third-order valence-corrected chi connectivity index (χ3v) is 3.34. The molecule has 0 saturated heterocycles. The first kappa shape index (κ1) is 8.10. The molecule has 0 N–H and O–H groups in total. The van der Waals surface area contributed by atoms with E-state index in [0.717, 1.165) is 5.92 Å². The van der Waals surface area contributed by atoms with Crippen LogP contribution in [0.15, 0.2) is 22.8 Å². The number of rotatable bonds is 0. The average Bonchev–Trinajstić information content (AvgIpc) is 2.07. The van der Waals surface area contributed by atoms with Gasteiger partial charge in [-0.15, -0.1) is 0 Å². The minimum atomic E-state index is 0.837. The Kier molecular flexibility index (Phi) is 2.08. The quantitative estimate of drug-likeness (QED) is 0.507. The molecular weight excluding hydrogens is 144 g/mol. The Morgan fingerprint density at radius 2 is 2.17 bits per heavy atom. The van der Waals surface area contributed by atoms with E-state index in [1.807, 2.05) is 0 Å². The Hall–Kier alpha value is -0.520. The van der Waals surface area contributed by atoms with Crippen LogP contribution in [0.3, 0.4) is 0 Å². The van der Waals surface area contributed by atoms with E-state index in [4.69, 9.17) is 0 Å².